The molecule has 2 aliphatic rings. The highest BCUT2D eigenvalue weighted by Crippen LogP contribution is 2.21. The molecule has 25 heavy (non-hydrogen) atoms. The van der Waals surface area contributed by atoms with Crippen molar-refractivity contribution >= 4 is 15.9 Å². The molecule has 0 aliphatic carbocycles. The lowest BCUT2D eigenvalue weighted by atomic mass is 10.2. The number of carbonyl (C=O) groups excluding carboxylic acids is 1. The van der Waals surface area contributed by atoms with Crippen LogP contribution in [-0.4, -0.2) is 74.2 Å². The Bertz CT molecular complexity index is 773. The van der Waals surface area contributed by atoms with Crippen LogP contribution in [-0.2, 0) is 14.8 Å². The van der Waals surface area contributed by atoms with Gasteiger partial charge in [-0.25, -0.2) is 8.42 Å². The van der Waals surface area contributed by atoms with Crippen LogP contribution in [0.1, 0.15) is 18.4 Å². The molecule has 1 amide bonds. The topological polar surface area (TPSA) is 84.7 Å². The van der Waals surface area contributed by atoms with Crippen molar-refractivity contribution in [3.63, 3.8) is 0 Å². The standard InChI is InChI=1S/C17H22N4O3S/c18-13-15-5-1-2-6-16(15)25(23,24)21-11-9-19(10-12-21)14-17(22)20-7-3-4-8-20/h1-2,5-6H,3-4,7-12,14H2. The molecule has 0 saturated carbocycles. The van der Waals surface area contributed by atoms with E-state index in [0.717, 1.165) is 25.9 Å². The molecule has 0 radical (unpaired) electrons. The Labute approximate surface area is 148 Å². The van der Waals surface area contributed by atoms with E-state index in [0.29, 0.717) is 32.7 Å². The van der Waals surface area contributed by atoms with Gasteiger partial charge in [0.1, 0.15) is 6.07 Å². The minimum absolute atomic E-state index is 0.0547. The fourth-order valence-corrected chi connectivity index (χ4v) is 4.87. The molecule has 2 saturated heterocycles. The van der Waals surface area contributed by atoms with Crippen LogP contribution in [0.3, 0.4) is 0 Å². The summed E-state index contributed by atoms with van der Waals surface area (Å²) in [5.74, 6) is 0.128. The van der Waals surface area contributed by atoms with Gasteiger partial charge < -0.3 is 4.90 Å². The molecule has 0 bridgehead atoms. The van der Waals surface area contributed by atoms with E-state index in [1.165, 1.54) is 16.4 Å². The van der Waals surface area contributed by atoms with Crippen LogP contribution in [0, 0.1) is 11.3 Å². The van der Waals surface area contributed by atoms with E-state index >= 15 is 0 Å². The van der Waals surface area contributed by atoms with Crippen molar-refractivity contribution in [2.24, 2.45) is 0 Å². The number of hydrogen-bond donors (Lipinski definition) is 0. The molecule has 7 nitrogen and oxygen atoms in total. The molecule has 8 heteroatoms. The molecule has 134 valence electrons. The maximum absolute atomic E-state index is 12.8. The first-order chi connectivity index (χ1) is 12.0. The predicted molar refractivity (Wildman–Crippen MR) is 92.2 cm³/mol. The van der Waals surface area contributed by atoms with Gasteiger partial charge in [0.05, 0.1) is 17.0 Å². The summed E-state index contributed by atoms with van der Waals surface area (Å²) in [7, 11) is -3.68. The zero-order valence-electron chi connectivity index (χ0n) is 14.1. The molecule has 0 aromatic heterocycles. The number of nitrogens with zero attached hydrogens (tertiary/aromatic N) is 4. The van der Waals surface area contributed by atoms with Crippen molar-refractivity contribution in [3.8, 4) is 6.07 Å². The number of nitriles is 1. The maximum atomic E-state index is 12.8. The highest BCUT2D eigenvalue weighted by Gasteiger charge is 2.31. The highest BCUT2D eigenvalue weighted by molar-refractivity contribution is 7.89. The van der Waals surface area contributed by atoms with Crippen molar-refractivity contribution in [1.29, 1.82) is 5.26 Å². The number of sulfonamides is 1. The second kappa shape index (κ2) is 7.52. The summed E-state index contributed by atoms with van der Waals surface area (Å²) in [5, 5.41) is 9.14. The molecule has 1 aromatic carbocycles. The van der Waals surface area contributed by atoms with Crippen LogP contribution in [0.4, 0.5) is 0 Å². The van der Waals surface area contributed by atoms with E-state index in [-0.39, 0.29) is 16.4 Å². The molecule has 3 rings (SSSR count). The first-order valence-corrected chi connectivity index (χ1v) is 9.96. The van der Waals surface area contributed by atoms with Crippen molar-refractivity contribution in [1.82, 2.24) is 14.1 Å². The zero-order chi connectivity index (χ0) is 17.9. The Morgan fingerprint density at radius 1 is 1.04 bits per heavy atom. The monoisotopic (exact) mass is 362 g/mol. The molecule has 2 heterocycles. The van der Waals surface area contributed by atoms with Crippen molar-refractivity contribution in [2.75, 3.05) is 45.8 Å². The number of likely N-dealkylation sites (tertiary alicyclic amines) is 1. The molecule has 2 aliphatic heterocycles. The third-order valence-corrected chi connectivity index (χ3v) is 6.73. The van der Waals surface area contributed by atoms with Gasteiger partial charge in [0.2, 0.25) is 15.9 Å². The van der Waals surface area contributed by atoms with E-state index in [9.17, 15) is 13.2 Å². The van der Waals surface area contributed by atoms with Crippen LogP contribution >= 0.6 is 0 Å². The Hall–Kier alpha value is -1.95. The number of amides is 1. The fraction of sp³-hybridized carbons (Fsp3) is 0.529. The minimum atomic E-state index is -3.68. The third-order valence-electron chi connectivity index (χ3n) is 4.77. The summed E-state index contributed by atoms with van der Waals surface area (Å²) in [6.45, 7) is 3.71. The molecule has 2 fully saturated rings. The molecule has 0 spiro atoms. The maximum Gasteiger partial charge on any atom is 0.244 e. The predicted octanol–water partition coefficient (Wildman–Crippen LogP) is 0.487. The number of hydrogen-bond acceptors (Lipinski definition) is 5. The highest BCUT2D eigenvalue weighted by atomic mass is 32.2. The Balaban J connectivity index is 1.61. The summed E-state index contributed by atoms with van der Waals surface area (Å²) in [5.41, 5.74) is 0.161. The molecular formula is C17H22N4O3S. The number of carbonyl (C=O) groups is 1. The third kappa shape index (κ3) is 3.84. The van der Waals surface area contributed by atoms with Crippen LogP contribution in [0.5, 0.6) is 0 Å². The minimum Gasteiger partial charge on any atom is -0.342 e. The van der Waals surface area contributed by atoms with Crippen molar-refractivity contribution in [3.05, 3.63) is 29.8 Å². The van der Waals surface area contributed by atoms with E-state index in [1.54, 1.807) is 12.1 Å². The number of piperazine rings is 1. The van der Waals surface area contributed by atoms with Gasteiger partial charge in [0.25, 0.3) is 0 Å². The average molecular weight is 362 g/mol. The van der Waals surface area contributed by atoms with Crippen LogP contribution in [0.25, 0.3) is 0 Å². The lowest BCUT2D eigenvalue weighted by Gasteiger charge is -2.34. The quantitative estimate of drug-likeness (QED) is 0.778. The summed E-state index contributed by atoms with van der Waals surface area (Å²) in [4.78, 5) is 16.2. The number of rotatable bonds is 4. The summed E-state index contributed by atoms with van der Waals surface area (Å²) >= 11 is 0. The fourth-order valence-electron chi connectivity index (χ4n) is 3.31. The normalized spacial score (nSPS) is 19.7. The van der Waals surface area contributed by atoms with Gasteiger partial charge in [-0.15, -0.1) is 0 Å². The van der Waals surface area contributed by atoms with Crippen LogP contribution in [0.2, 0.25) is 0 Å². The van der Waals surface area contributed by atoms with Crippen molar-refractivity contribution in [2.45, 2.75) is 17.7 Å². The molecular weight excluding hydrogens is 340 g/mol. The van der Waals surface area contributed by atoms with E-state index in [1.807, 2.05) is 15.9 Å². The first kappa shape index (κ1) is 17.9. The van der Waals surface area contributed by atoms with Gasteiger partial charge >= 0.3 is 0 Å². The molecule has 0 atom stereocenters. The molecule has 1 aromatic rings. The summed E-state index contributed by atoms with van der Waals surface area (Å²) < 4.78 is 27.0. The Morgan fingerprint density at radius 3 is 2.32 bits per heavy atom. The summed E-state index contributed by atoms with van der Waals surface area (Å²) in [6.07, 6.45) is 2.13. The smallest absolute Gasteiger partial charge is 0.244 e. The van der Waals surface area contributed by atoms with E-state index in [2.05, 4.69) is 0 Å². The SMILES string of the molecule is N#Cc1ccccc1S(=O)(=O)N1CCN(CC(=O)N2CCCC2)CC1. The first-order valence-electron chi connectivity index (χ1n) is 8.52. The van der Waals surface area contributed by atoms with Gasteiger partial charge in [0, 0.05) is 39.3 Å². The Morgan fingerprint density at radius 2 is 1.68 bits per heavy atom. The van der Waals surface area contributed by atoms with E-state index < -0.39 is 10.0 Å². The van der Waals surface area contributed by atoms with Crippen LogP contribution in [0.15, 0.2) is 29.2 Å². The lowest BCUT2D eigenvalue weighted by molar-refractivity contribution is -0.131. The second-order valence-electron chi connectivity index (χ2n) is 6.38. The zero-order valence-corrected chi connectivity index (χ0v) is 14.9. The average Bonchev–Trinajstić information content (AvgIpc) is 3.17. The lowest BCUT2D eigenvalue weighted by Crippen LogP contribution is -2.51. The van der Waals surface area contributed by atoms with Gasteiger partial charge in [-0.1, -0.05) is 12.1 Å². The van der Waals surface area contributed by atoms with Gasteiger partial charge in [-0.2, -0.15) is 9.57 Å². The molecule has 0 unspecified atom stereocenters. The van der Waals surface area contributed by atoms with Crippen LogP contribution < -0.4 is 0 Å². The molecule has 0 N–H and O–H groups in total. The van der Waals surface area contributed by atoms with Crippen molar-refractivity contribution < 1.29 is 13.2 Å². The largest absolute Gasteiger partial charge is 0.342 e. The Kier molecular flexibility index (Phi) is 5.37. The summed E-state index contributed by atoms with van der Waals surface area (Å²) in [6, 6.07) is 8.20. The van der Waals surface area contributed by atoms with Gasteiger partial charge in [-0.3, -0.25) is 9.69 Å². The van der Waals surface area contributed by atoms with E-state index in [4.69, 9.17) is 5.26 Å². The second-order valence-corrected chi connectivity index (χ2v) is 8.28. The van der Waals surface area contributed by atoms with Gasteiger partial charge in [-0.05, 0) is 25.0 Å². The number of benzene rings is 1. The van der Waals surface area contributed by atoms with Gasteiger partial charge in [0.15, 0.2) is 0 Å².